The molecule has 3 heteroatoms. The molecule has 2 rings (SSSR count). The van der Waals surface area contributed by atoms with Crippen molar-refractivity contribution >= 4 is 16.5 Å². The minimum atomic E-state index is 0.682. The first-order valence-corrected chi connectivity index (χ1v) is 6.72. The highest BCUT2D eigenvalue weighted by molar-refractivity contribution is 7.15. The Hall–Kier alpha value is -1.35. The van der Waals surface area contributed by atoms with Crippen LogP contribution >= 0.6 is 11.3 Å². The Morgan fingerprint density at radius 3 is 2.71 bits per heavy atom. The van der Waals surface area contributed by atoms with Crippen molar-refractivity contribution in [3.8, 4) is 0 Å². The molecule has 0 spiro atoms. The topological polar surface area (TPSA) is 38.9 Å². The van der Waals surface area contributed by atoms with E-state index in [1.807, 2.05) is 0 Å². The van der Waals surface area contributed by atoms with Crippen LogP contribution in [-0.2, 0) is 12.8 Å². The molecule has 0 bridgehead atoms. The highest BCUT2D eigenvalue weighted by Crippen LogP contribution is 2.25. The molecule has 0 fully saturated rings. The number of nitrogen functional groups attached to an aromatic ring is 1. The Kier molecular flexibility index (Phi) is 3.48. The second-order valence-electron chi connectivity index (χ2n) is 4.38. The Bertz CT molecular complexity index is 529. The largest absolute Gasteiger partial charge is 0.375 e. The summed E-state index contributed by atoms with van der Waals surface area (Å²) in [4.78, 5) is 5.67. The van der Waals surface area contributed by atoms with Gasteiger partial charge in [0.05, 0.1) is 5.69 Å². The molecule has 0 amide bonds. The zero-order valence-corrected chi connectivity index (χ0v) is 11.4. The van der Waals surface area contributed by atoms with Gasteiger partial charge in [-0.3, -0.25) is 0 Å². The first kappa shape index (κ1) is 12.1. The zero-order valence-electron chi connectivity index (χ0n) is 10.6. The summed E-state index contributed by atoms with van der Waals surface area (Å²) in [7, 11) is 0. The third-order valence-electron chi connectivity index (χ3n) is 2.98. The molecule has 0 radical (unpaired) electrons. The normalized spacial score (nSPS) is 10.8. The second kappa shape index (κ2) is 4.88. The number of hydrogen-bond donors (Lipinski definition) is 1. The van der Waals surface area contributed by atoms with Gasteiger partial charge >= 0.3 is 0 Å². The number of anilines is 1. The monoisotopic (exact) mass is 246 g/mol. The van der Waals surface area contributed by atoms with E-state index in [9.17, 15) is 0 Å². The van der Waals surface area contributed by atoms with E-state index in [1.54, 1.807) is 11.3 Å². The van der Waals surface area contributed by atoms with Crippen LogP contribution in [0.5, 0.6) is 0 Å². The molecular formula is C14H18N2S. The molecule has 1 aromatic heterocycles. The minimum Gasteiger partial charge on any atom is -0.375 e. The molecule has 0 saturated carbocycles. The van der Waals surface area contributed by atoms with E-state index in [4.69, 9.17) is 5.73 Å². The molecule has 17 heavy (non-hydrogen) atoms. The molecule has 1 aromatic carbocycles. The van der Waals surface area contributed by atoms with E-state index in [2.05, 4.69) is 44.0 Å². The maximum absolute atomic E-state index is 5.78. The van der Waals surface area contributed by atoms with Crippen molar-refractivity contribution in [1.29, 1.82) is 0 Å². The summed E-state index contributed by atoms with van der Waals surface area (Å²) in [5.74, 6) is 0. The fourth-order valence-corrected chi connectivity index (χ4v) is 2.98. The molecular weight excluding hydrogens is 228 g/mol. The van der Waals surface area contributed by atoms with Crippen molar-refractivity contribution in [2.75, 3.05) is 5.73 Å². The van der Waals surface area contributed by atoms with Gasteiger partial charge in [0.25, 0.3) is 0 Å². The molecule has 90 valence electrons. The van der Waals surface area contributed by atoms with Crippen LogP contribution in [0.25, 0.3) is 0 Å². The lowest BCUT2D eigenvalue weighted by molar-refractivity contribution is 1.02. The third-order valence-corrected chi connectivity index (χ3v) is 3.91. The summed E-state index contributed by atoms with van der Waals surface area (Å²) < 4.78 is 0. The van der Waals surface area contributed by atoms with Gasteiger partial charge in [0.15, 0.2) is 5.13 Å². The summed E-state index contributed by atoms with van der Waals surface area (Å²) >= 11 is 1.61. The summed E-state index contributed by atoms with van der Waals surface area (Å²) in [6.45, 7) is 6.41. The number of aromatic nitrogens is 1. The third kappa shape index (κ3) is 2.67. The number of benzene rings is 1. The van der Waals surface area contributed by atoms with Crippen molar-refractivity contribution in [3.63, 3.8) is 0 Å². The molecule has 0 aliphatic rings. The Labute approximate surface area is 107 Å². The standard InChI is InChI=1S/C14H18N2S/c1-4-12-13(17-14(15)16-12)8-11-6-5-9(2)7-10(11)3/h5-7H,4,8H2,1-3H3,(H2,15,16). The van der Waals surface area contributed by atoms with Gasteiger partial charge in [-0.05, 0) is 31.4 Å². The Balaban J connectivity index is 2.30. The molecule has 0 aliphatic heterocycles. The number of thiazole rings is 1. The molecule has 1 heterocycles. The van der Waals surface area contributed by atoms with Crippen LogP contribution in [0.15, 0.2) is 18.2 Å². The lowest BCUT2D eigenvalue weighted by atomic mass is 10.0. The van der Waals surface area contributed by atoms with E-state index < -0.39 is 0 Å². The summed E-state index contributed by atoms with van der Waals surface area (Å²) in [6, 6.07) is 6.60. The maximum Gasteiger partial charge on any atom is 0.180 e. The van der Waals surface area contributed by atoms with E-state index >= 15 is 0 Å². The Morgan fingerprint density at radius 2 is 2.06 bits per heavy atom. The Morgan fingerprint density at radius 1 is 1.29 bits per heavy atom. The van der Waals surface area contributed by atoms with Crippen LogP contribution < -0.4 is 5.73 Å². The van der Waals surface area contributed by atoms with Crippen LogP contribution in [0.4, 0.5) is 5.13 Å². The number of nitrogens with zero attached hydrogens (tertiary/aromatic N) is 1. The maximum atomic E-state index is 5.78. The predicted molar refractivity (Wildman–Crippen MR) is 74.6 cm³/mol. The van der Waals surface area contributed by atoms with Crippen molar-refractivity contribution in [2.24, 2.45) is 0 Å². The minimum absolute atomic E-state index is 0.682. The van der Waals surface area contributed by atoms with Gasteiger partial charge in [-0.25, -0.2) is 4.98 Å². The second-order valence-corrected chi connectivity index (χ2v) is 5.50. The van der Waals surface area contributed by atoms with Crippen LogP contribution in [0, 0.1) is 13.8 Å². The van der Waals surface area contributed by atoms with Gasteiger partial charge in [-0.2, -0.15) is 0 Å². The first-order valence-electron chi connectivity index (χ1n) is 5.90. The van der Waals surface area contributed by atoms with E-state index in [0.717, 1.165) is 18.5 Å². The lowest BCUT2D eigenvalue weighted by Gasteiger charge is -2.06. The van der Waals surface area contributed by atoms with Gasteiger partial charge in [-0.15, -0.1) is 11.3 Å². The number of hydrogen-bond acceptors (Lipinski definition) is 3. The zero-order chi connectivity index (χ0) is 12.4. The van der Waals surface area contributed by atoms with Gasteiger partial charge in [0, 0.05) is 11.3 Å². The molecule has 2 nitrogen and oxygen atoms in total. The number of nitrogens with two attached hydrogens (primary N) is 1. The average Bonchev–Trinajstić information content (AvgIpc) is 2.63. The van der Waals surface area contributed by atoms with Crippen LogP contribution in [0.3, 0.4) is 0 Å². The highest BCUT2D eigenvalue weighted by Gasteiger charge is 2.09. The predicted octanol–water partition coefficient (Wildman–Crippen LogP) is 3.50. The molecule has 2 aromatic rings. The quantitative estimate of drug-likeness (QED) is 0.900. The van der Waals surface area contributed by atoms with Crippen LogP contribution in [-0.4, -0.2) is 4.98 Å². The van der Waals surface area contributed by atoms with E-state index in [1.165, 1.54) is 21.6 Å². The highest BCUT2D eigenvalue weighted by atomic mass is 32.1. The fourth-order valence-electron chi connectivity index (χ4n) is 2.03. The SMILES string of the molecule is CCc1nc(N)sc1Cc1ccc(C)cc1C. The van der Waals surface area contributed by atoms with Crippen molar-refractivity contribution < 1.29 is 0 Å². The molecule has 0 aliphatic carbocycles. The lowest BCUT2D eigenvalue weighted by Crippen LogP contribution is -1.94. The van der Waals surface area contributed by atoms with E-state index in [0.29, 0.717) is 5.13 Å². The summed E-state index contributed by atoms with van der Waals surface area (Å²) in [5, 5.41) is 0.682. The molecule has 0 atom stereocenters. The fraction of sp³-hybridized carbons (Fsp3) is 0.357. The van der Waals surface area contributed by atoms with Crippen LogP contribution in [0.2, 0.25) is 0 Å². The van der Waals surface area contributed by atoms with Crippen molar-refractivity contribution in [3.05, 3.63) is 45.5 Å². The number of rotatable bonds is 3. The smallest absolute Gasteiger partial charge is 0.180 e. The van der Waals surface area contributed by atoms with Crippen LogP contribution in [0.1, 0.15) is 34.2 Å². The van der Waals surface area contributed by atoms with Crippen molar-refractivity contribution in [2.45, 2.75) is 33.6 Å². The summed E-state index contributed by atoms with van der Waals surface area (Å²) in [6.07, 6.45) is 1.90. The van der Waals surface area contributed by atoms with E-state index in [-0.39, 0.29) is 0 Å². The molecule has 0 unspecified atom stereocenters. The van der Waals surface area contributed by atoms with Gasteiger partial charge in [0.1, 0.15) is 0 Å². The molecule has 0 saturated heterocycles. The molecule has 2 N–H and O–H groups in total. The first-order chi connectivity index (χ1) is 8.10. The van der Waals surface area contributed by atoms with Gasteiger partial charge < -0.3 is 5.73 Å². The van der Waals surface area contributed by atoms with Crippen molar-refractivity contribution in [1.82, 2.24) is 4.98 Å². The van der Waals surface area contributed by atoms with Gasteiger partial charge in [-0.1, -0.05) is 30.7 Å². The average molecular weight is 246 g/mol. The summed E-state index contributed by atoms with van der Waals surface area (Å²) in [5.41, 5.74) is 11.0. The van der Waals surface area contributed by atoms with Gasteiger partial charge in [0.2, 0.25) is 0 Å². The number of aryl methyl sites for hydroxylation is 3.